The maximum atomic E-state index is 13.4. The quantitative estimate of drug-likeness (QED) is 0.782. The number of benzene rings is 1. The summed E-state index contributed by atoms with van der Waals surface area (Å²) < 4.78 is 25.4. The number of rotatable bonds is 6. The highest BCUT2D eigenvalue weighted by molar-refractivity contribution is 7.57. The molecule has 0 bridgehead atoms. The van der Waals surface area contributed by atoms with Crippen molar-refractivity contribution in [2.45, 2.75) is 32.9 Å². The molecule has 0 aliphatic carbocycles. The summed E-state index contributed by atoms with van der Waals surface area (Å²) in [6.45, 7) is 4.02. The highest BCUT2D eigenvalue weighted by Crippen LogP contribution is 2.47. The van der Waals surface area contributed by atoms with E-state index in [4.69, 9.17) is 0 Å². The summed E-state index contributed by atoms with van der Waals surface area (Å²) >= 11 is 0. The fraction of sp³-hybridized carbons (Fsp3) is 0.538. The molecular weight excluding hydrogens is 238 g/mol. The Morgan fingerprint density at radius 1 is 1.41 bits per heavy atom. The van der Waals surface area contributed by atoms with Gasteiger partial charge in [0.25, 0.3) is 0 Å². The molecule has 1 aromatic rings. The van der Waals surface area contributed by atoms with Crippen molar-refractivity contribution in [2.75, 3.05) is 6.16 Å². The zero-order valence-electron chi connectivity index (χ0n) is 10.4. The summed E-state index contributed by atoms with van der Waals surface area (Å²) in [6, 6.07) is 6.17. The van der Waals surface area contributed by atoms with Crippen LogP contribution in [-0.4, -0.2) is 11.1 Å². The average molecular weight is 258 g/mol. The van der Waals surface area contributed by atoms with Crippen molar-refractivity contribution >= 4 is 7.37 Å². The van der Waals surface area contributed by atoms with Crippen LogP contribution in [0.5, 0.6) is 0 Å². The first-order chi connectivity index (χ1) is 7.94. The van der Waals surface area contributed by atoms with Gasteiger partial charge in [-0.05, 0) is 17.5 Å². The van der Waals surface area contributed by atoms with E-state index < -0.39 is 13.2 Å². The van der Waals surface area contributed by atoms with Crippen LogP contribution in [0.25, 0.3) is 0 Å². The van der Waals surface area contributed by atoms with Crippen LogP contribution in [0.15, 0.2) is 24.3 Å². The molecule has 2 nitrogen and oxygen atoms in total. The molecule has 0 spiro atoms. The summed E-state index contributed by atoms with van der Waals surface area (Å²) in [5.41, 5.74) is 0.335. The van der Waals surface area contributed by atoms with Gasteiger partial charge in [0.1, 0.15) is 5.82 Å². The zero-order chi connectivity index (χ0) is 12.9. The zero-order valence-corrected chi connectivity index (χ0v) is 11.3. The van der Waals surface area contributed by atoms with Crippen molar-refractivity contribution in [1.29, 1.82) is 0 Å². The van der Waals surface area contributed by atoms with Crippen LogP contribution in [0.2, 0.25) is 0 Å². The van der Waals surface area contributed by atoms with E-state index in [1.807, 2.05) is 6.92 Å². The number of halogens is 1. The van der Waals surface area contributed by atoms with Gasteiger partial charge in [-0.25, -0.2) is 4.39 Å². The van der Waals surface area contributed by atoms with Crippen LogP contribution >= 0.6 is 7.37 Å². The lowest BCUT2D eigenvalue weighted by molar-refractivity contribution is 0.455. The Bertz CT molecular complexity index is 406. The lowest BCUT2D eigenvalue weighted by Gasteiger charge is -2.16. The van der Waals surface area contributed by atoms with Gasteiger partial charge in [-0.2, -0.15) is 0 Å². The molecule has 17 heavy (non-hydrogen) atoms. The second-order valence-electron chi connectivity index (χ2n) is 4.67. The van der Waals surface area contributed by atoms with E-state index in [-0.39, 0.29) is 18.2 Å². The molecule has 0 saturated carbocycles. The summed E-state index contributed by atoms with van der Waals surface area (Å²) in [7, 11) is -3.27. The molecule has 0 aromatic heterocycles. The van der Waals surface area contributed by atoms with Crippen LogP contribution in [0.3, 0.4) is 0 Å². The number of hydrogen-bond donors (Lipinski definition) is 1. The first-order valence-electron chi connectivity index (χ1n) is 5.99. The second-order valence-corrected chi connectivity index (χ2v) is 7.05. The number of hydrogen-bond acceptors (Lipinski definition) is 1. The Labute approximate surface area is 102 Å². The Kier molecular flexibility index (Phi) is 5.35. The first-order valence-corrected chi connectivity index (χ1v) is 8.02. The molecule has 0 heterocycles. The third-order valence-corrected chi connectivity index (χ3v) is 4.78. The lowest BCUT2D eigenvalue weighted by Crippen LogP contribution is -2.04. The van der Waals surface area contributed by atoms with Crippen molar-refractivity contribution < 1.29 is 13.8 Å². The Morgan fingerprint density at radius 3 is 2.65 bits per heavy atom. The highest BCUT2D eigenvalue weighted by atomic mass is 31.2. The normalized spacial score (nSPS) is 16.5. The van der Waals surface area contributed by atoms with Crippen LogP contribution in [0.4, 0.5) is 4.39 Å². The minimum absolute atomic E-state index is 0.0618. The van der Waals surface area contributed by atoms with Crippen molar-refractivity contribution in [2.24, 2.45) is 5.92 Å². The van der Waals surface area contributed by atoms with E-state index in [1.54, 1.807) is 18.2 Å². The molecule has 1 N–H and O–H groups in total. The highest BCUT2D eigenvalue weighted by Gasteiger charge is 2.23. The van der Waals surface area contributed by atoms with Crippen molar-refractivity contribution in [1.82, 2.24) is 0 Å². The van der Waals surface area contributed by atoms with Crippen molar-refractivity contribution in [3.05, 3.63) is 35.6 Å². The smallest absolute Gasteiger partial charge is 0.205 e. The Balaban J connectivity index is 2.67. The van der Waals surface area contributed by atoms with Gasteiger partial charge in [-0.3, -0.25) is 4.57 Å². The maximum Gasteiger partial charge on any atom is 0.205 e. The topological polar surface area (TPSA) is 37.3 Å². The molecule has 96 valence electrons. The van der Waals surface area contributed by atoms with Crippen molar-refractivity contribution in [3.8, 4) is 0 Å². The monoisotopic (exact) mass is 258 g/mol. The lowest BCUT2D eigenvalue weighted by atomic mass is 10.1. The van der Waals surface area contributed by atoms with E-state index in [1.165, 1.54) is 6.07 Å². The van der Waals surface area contributed by atoms with Crippen LogP contribution in [0, 0.1) is 11.7 Å². The molecule has 0 saturated heterocycles. The van der Waals surface area contributed by atoms with E-state index >= 15 is 0 Å². The predicted octanol–water partition coefficient (Wildman–Crippen LogP) is 4.03. The summed E-state index contributed by atoms with van der Waals surface area (Å²) in [5.74, 6) is -0.187. The Morgan fingerprint density at radius 2 is 2.06 bits per heavy atom. The summed E-state index contributed by atoms with van der Waals surface area (Å²) in [6.07, 6.45) is 2.14. The van der Waals surface area contributed by atoms with Crippen LogP contribution in [0.1, 0.15) is 32.3 Å². The SMILES string of the molecule is CCCC(C)CP(=O)(O)Cc1ccccc1F. The standard InChI is InChI=1S/C13H20FO2P/c1-3-6-11(2)9-17(15,16)10-12-7-4-5-8-13(12)14/h4-5,7-8,11H,3,6,9-10H2,1-2H3,(H,15,16). The molecule has 2 unspecified atom stereocenters. The molecule has 0 aliphatic rings. The fourth-order valence-corrected chi connectivity index (χ4v) is 4.10. The van der Waals surface area contributed by atoms with Gasteiger partial charge in [-0.15, -0.1) is 0 Å². The predicted molar refractivity (Wildman–Crippen MR) is 68.9 cm³/mol. The summed E-state index contributed by atoms with van der Waals surface area (Å²) in [4.78, 5) is 9.88. The first kappa shape index (κ1) is 14.4. The molecule has 0 fully saturated rings. The summed E-state index contributed by atoms with van der Waals surface area (Å²) in [5, 5.41) is 0. The largest absolute Gasteiger partial charge is 0.344 e. The minimum Gasteiger partial charge on any atom is -0.344 e. The fourth-order valence-electron chi connectivity index (χ4n) is 2.03. The van der Waals surface area contributed by atoms with E-state index in [9.17, 15) is 13.8 Å². The van der Waals surface area contributed by atoms with E-state index in [2.05, 4.69) is 6.92 Å². The van der Waals surface area contributed by atoms with Gasteiger partial charge < -0.3 is 4.89 Å². The molecule has 4 heteroatoms. The minimum atomic E-state index is -3.27. The average Bonchev–Trinajstić information content (AvgIpc) is 2.20. The van der Waals surface area contributed by atoms with Gasteiger partial charge in [0.05, 0.1) is 6.16 Å². The Hall–Kier alpha value is -0.660. The molecule has 2 atom stereocenters. The molecule has 0 amide bonds. The van der Waals surface area contributed by atoms with Crippen molar-refractivity contribution in [3.63, 3.8) is 0 Å². The van der Waals surface area contributed by atoms with Crippen LogP contribution < -0.4 is 0 Å². The van der Waals surface area contributed by atoms with Gasteiger partial charge in [0.2, 0.25) is 7.37 Å². The van der Waals surface area contributed by atoms with E-state index in [0.717, 1.165) is 12.8 Å². The maximum absolute atomic E-state index is 13.4. The second kappa shape index (κ2) is 6.32. The molecule has 0 radical (unpaired) electrons. The van der Waals surface area contributed by atoms with Gasteiger partial charge in [-0.1, -0.05) is 44.9 Å². The van der Waals surface area contributed by atoms with Gasteiger partial charge in [0.15, 0.2) is 0 Å². The molecule has 1 aromatic carbocycles. The third-order valence-electron chi connectivity index (χ3n) is 2.75. The van der Waals surface area contributed by atoms with E-state index in [0.29, 0.717) is 5.56 Å². The molecule has 0 aliphatic heterocycles. The molecular formula is C13H20FO2P. The molecule has 1 rings (SSSR count). The third kappa shape index (κ3) is 5.01. The van der Waals surface area contributed by atoms with Crippen LogP contribution in [-0.2, 0) is 10.7 Å². The van der Waals surface area contributed by atoms with Gasteiger partial charge in [0, 0.05) is 6.16 Å². The van der Waals surface area contributed by atoms with Gasteiger partial charge >= 0.3 is 0 Å².